The standard InChI is InChI=1S/C15H14ClN3O4S/c1-23-12-7-2-9(16)8-13(12)24-19-14(20)17-10-3-5-11(6-4-10)18-15(21)22/h2-8,18H,1H3,(H,21,22)(H2,17,19,20). The third kappa shape index (κ3) is 5.25. The zero-order valence-electron chi connectivity index (χ0n) is 12.5. The molecule has 0 aromatic heterocycles. The molecule has 0 saturated carbocycles. The van der Waals surface area contributed by atoms with Crippen LogP contribution in [-0.2, 0) is 0 Å². The average Bonchev–Trinajstić information content (AvgIpc) is 2.54. The van der Waals surface area contributed by atoms with Gasteiger partial charge in [0, 0.05) is 16.4 Å². The Labute approximate surface area is 147 Å². The summed E-state index contributed by atoms with van der Waals surface area (Å²) in [4.78, 5) is 23.1. The van der Waals surface area contributed by atoms with Crippen LogP contribution in [0.5, 0.6) is 5.75 Å². The van der Waals surface area contributed by atoms with E-state index in [9.17, 15) is 9.59 Å². The normalized spacial score (nSPS) is 9.92. The molecule has 0 fully saturated rings. The summed E-state index contributed by atoms with van der Waals surface area (Å²) < 4.78 is 7.80. The largest absolute Gasteiger partial charge is 0.496 e. The fourth-order valence-electron chi connectivity index (χ4n) is 1.75. The van der Waals surface area contributed by atoms with Crippen LogP contribution in [0.2, 0.25) is 5.02 Å². The lowest BCUT2D eigenvalue weighted by molar-refractivity contribution is 0.209. The molecule has 9 heteroatoms. The monoisotopic (exact) mass is 367 g/mol. The van der Waals surface area contributed by atoms with Crippen LogP contribution < -0.4 is 20.1 Å². The maximum atomic E-state index is 11.9. The SMILES string of the molecule is COc1ccc(Cl)cc1SNC(=O)Nc1ccc(NC(=O)O)cc1. The highest BCUT2D eigenvalue weighted by atomic mass is 35.5. The summed E-state index contributed by atoms with van der Waals surface area (Å²) in [6, 6.07) is 10.9. The Morgan fingerprint density at radius 2 is 1.71 bits per heavy atom. The van der Waals surface area contributed by atoms with Crippen molar-refractivity contribution in [1.82, 2.24) is 4.72 Å². The van der Waals surface area contributed by atoms with Gasteiger partial charge in [0.25, 0.3) is 0 Å². The van der Waals surface area contributed by atoms with Crippen molar-refractivity contribution < 1.29 is 19.4 Å². The van der Waals surface area contributed by atoms with Crippen LogP contribution in [-0.4, -0.2) is 24.3 Å². The van der Waals surface area contributed by atoms with Gasteiger partial charge in [0.2, 0.25) is 0 Å². The molecule has 3 amide bonds. The van der Waals surface area contributed by atoms with Crippen LogP contribution in [0.1, 0.15) is 0 Å². The molecule has 0 heterocycles. The maximum absolute atomic E-state index is 11.9. The predicted octanol–water partition coefficient (Wildman–Crippen LogP) is 4.27. The van der Waals surface area contributed by atoms with Crippen molar-refractivity contribution in [3.63, 3.8) is 0 Å². The fourth-order valence-corrected chi connectivity index (χ4v) is 2.68. The van der Waals surface area contributed by atoms with Crippen molar-refractivity contribution in [3.05, 3.63) is 47.5 Å². The molecule has 0 aliphatic rings. The summed E-state index contributed by atoms with van der Waals surface area (Å²) in [5.41, 5.74) is 0.925. The average molecular weight is 368 g/mol. The number of carbonyl (C=O) groups is 2. The topological polar surface area (TPSA) is 99.7 Å². The second-order valence-electron chi connectivity index (χ2n) is 4.46. The number of nitrogens with one attached hydrogen (secondary N) is 3. The molecular formula is C15H14ClN3O4S. The molecule has 126 valence electrons. The van der Waals surface area contributed by atoms with E-state index >= 15 is 0 Å². The van der Waals surface area contributed by atoms with E-state index in [4.69, 9.17) is 21.4 Å². The van der Waals surface area contributed by atoms with Crippen LogP contribution in [0.25, 0.3) is 0 Å². The van der Waals surface area contributed by atoms with E-state index in [1.54, 1.807) is 30.3 Å². The first kappa shape index (κ1) is 17.8. The molecule has 0 radical (unpaired) electrons. The maximum Gasteiger partial charge on any atom is 0.409 e. The number of hydrogen-bond donors (Lipinski definition) is 4. The smallest absolute Gasteiger partial charge is 0.409 e. The number of rotatable bonds is 5. The molecule has 2 aromatic carbocycles. The minimum Gasteiger partial charge on any atom is -0.496 e. The van der Waals surface area contributed by atoms with E-state index in [2.05, 4.69) is 15.4 Å². The van der Waals surface area contributed by atoms with E-state index in [1.165, 1.54) is 19.2 Å². The molecule has 2 rings (SSSR count). The highest BCUT2D eigenvalue weighted by Gasteiger charge is 2.08. The number of anilines is 2. The molecule has 0 bridgehead atoms. The summed E-state index contributed by atoms with van der Waals surface area (Å²) in [7, 11) is 1.53. The molecule has 0 atom stereocenters. The summed E-state index contributed by atoms with van der Waals surface area (Å²) >= 11 is 6.99. The lowest BCUT2D eigenvalue weighted by Crippen LogP contribution is -2.22. The number of urea groups is 1. The predicted molar refractivity (Wildman–Crippen MR) is 94.1 cm³/mol. The van der Waals surface area contributed by atoms with Gasteiger partial charge in [-0.25, -0.2) is 9.59 Å². The number of methoxy groups -OCH3 is 1. The molecule has 0 aliphatic heterocycles. The van der Waals surface area contributed by atoms with Crippen molar-refractivity contribution >= 4 is 47.0 Å². The lowest BCUT2D eigenvalue weighted by Gasteiger charge is -2.10. The first-order chi connectivity index (χ1) is 11.5. The fraction of sp³-hybridized carbons (Fsp3) is 0.0667. The Morgan fingerprint density at radius 1 is 1.08 bits per heavy atom. The van der Waals surface area contributed by atoms with E-state index in [-0.39, 0.29) is 0 Å². The van der Waals surface area contributed by atoms with Gasteiger partial charge in [-0.2, -0.15) is 0 Å². The van der Waals surface area contributed by atoms with Gasteiger partial charge >= 0.3 is 12.1 Å². The van der Waals surface area contributed by atoms with E-state index < -0.39 is 12.1 Å². The molecule has 0 aliphatic carbocycles. The summed E-state index contributed by atoms with van der Waals surface area (Å²) in [6.45, 7) is 0. The number of halogens is 1. The highest BCUT2D eigenvalue weighted by molar-refractivity contribution is 7.98. The Morgan fingerprint density at radius 3 is 2.29 bits per heavy atom. The van der Waals surface area contributed by atoms with Crippen LogP contribution in [0.4, 0.5) is 21.0 Å². The third-order valence-corrected chi connectivity index (χ3v) is 3.83. The molecule has 0 saturated heterocycles. The van der Waals surface area contributed by atoms with E-state index in [0.29, 0.717) is 27.0 Å². The van der Waals surface area contributed by atoms with Crippen LogP contribution >= 0.6 is 23.5 Å². The van der Waals surface area contributed by atoms with E-state index in [1.807, 2.05) is 0 Å². The molecule has 0 unspecified atom stereocenters. The van der Waals surface area contributed by atoms with E-state index in [0.717, 1.165) is 11.9 Å². The number of ether oxygens (including phenoxy) is 1. The third-order valence-electron chi connectivity index (χ3n) is 2.77. The quantitative estimate of drug-likeness (QED) is 0.591. The van der Waals surface area contributed by atoms with Crippen molar-refractivity contribution in [2.75, 3.05) is 17.7 Å². The Bertz CT molecular complexity index is 740. The van der Waals surface area contributed by atoms with Gasteiger partial charge in [0.05, 0.1) is 12.0 Å². The molecule has 0 spiro atoms. The Hall–Kier alpha value is -2.58. The first-order valence-electron chi connectivity index (χ1n) is 6.65. The van der Waals surface area contributed by atoms with Crippen LogP contribution in [0, 0.1) is 0 Å². The van der Waals surface area contributed by atoms with Crippen molar-refractivity contribution in [3.8, 4) is 5.75 Å². The zero-order chi connectivity index (χ0) is 17.5. The molecular weight excluding hydrogens is 354 g/mol. The van der Waals surface area contributed by atoms with Gasteiger partial charge in [0.1, 0.15) is 5.75 Å². The molecule has 7 nitrogen and oxygen atoms in total. The Balaban J connectivity index is 1.91. The van der Waals surface area contributed by atoms with Gasteiger partial charge in [-0.05, 0) is 54.4 Å². The van der Waals surface area contributed by atoms with Crippen molar-refractivity contribution in [1.29, 1.82) is 0 Å². The number of carboxylic acid groups (broad SMARTS) is 1. The minimum atomic E-state index is -1.15. The van der Waals surface area contributed by atoms with Crippen molar-refractivity contribution in [2.24, 2.45) is 0 Å². The van der Waals surface area contributed by atoms with Gasteiger partial charge in [-0.1, -0.05) is 11.6 Å². The second kappa shape index (κ2) is 8.32. The molecule has 2 aromatic rings. The summed E-state index contributed by atoms with van der Waals surface area (Å²) in [5, 5.41) is 14.0. The van der Waals surface area contributed by atoms with Crippen molar-refractivity contribution in [2.45, 2.75) is 4.90 Å². The number of carbonyl (C=O) groups excluding carboxylic acids is 1. The van der Waals surface area contributed by atoms with Crippen LogP contribution in [0.3, 0.4) is 0 Å². The Kier molecular flexibility index (Phi) is 6.16. The lowest BCUT2D eigenvalue weighted by atomic mass is 10.3. The number of benzene rings is 2. The molecule has 24 heavy (non-hydrogen) atoms. The first-order valence-corrected chi connectivity index (χ1v) is 7.85. The highest BCUT2D eigenvalue weighted by Crippen LogP contribution is 2.30. The summed E-state index contributed by atoms with van der Waals surface area (Å²) in [6.07, 6.45) is -1.15. The molecule has 4 N–H and O–H groups in total. The van der Waals surface area contributed by atoms with Gasteiger partial charge in [-0.3, -0.25) is 10.0 Å². The minimum absolute atomic E-state index is 0.409. The number of hydrogen-bond acceptors (Lipinski definition) is 4. The van der Waals surface area contributed by atoms with Gasteiger partial charge in [-0.15, -0.1) is 0 Å². The van der Waals surface area contributed by atoms with Gasteiger partial charge < -0.3 is 15.2 Å². The zero-order valence-corrected chi connectivity index (χ0v) is 14.1. The van der Waals surface area contributed by atoms with Crippen LogP contribution in [0.15, 0.2) is 47.4 Å². The summed E-state index contributed by atoms with van der Waals surface area (Å²) in [5.74, 6) is 0.591. The second-order valence-corrected chi connectivity index (χ2v) is 5.75. The van der Waals surface area contributed by atoms with Gasteiger partial charge in [0.15, 0.2) is 0 Å². The number of amides is 3.